The third kappa shape index (κ3) is 7.93. The predicted molar refractivity (Wildman–Crippen MR) is 106 cm³/mol. The molecule has 0 fully saturated rings. The van der Waals surface area contributed by atoms with E-state index in [9.17, 15) is 9.59 Å². The zero-order chi connectivity index (χ0) is 19.6. The number of carbonyl (C=O) groups excluding carboxylic acids is 2. The number of amides is 2. The highest BCUT2D eigenvalue weighted by Gasteiger charge is 2.08. The molecule has 0 spiro atoms. The third-order valence-corrected chi connectivity index (χ3v) is 3.57. The molecular formula is C18H18ClN3O4S. The number of ether oxygens (including phenoxy) is 2. The van der Waals surface area contributed by atoms with Crippen molar-refractivity contribution in [2.75, 3.05) is 13.2 Å². The Morgan fingerprint density at radius 3 is 2.33 bits per heavy atom. The van der Waals surface area contributed by atoms with Gasteiger partial charge in [-0.05, 0) is 61.1 Å². The maximum atomic E-state index is 11.8. The fourth-order valence-electron chi connectivity index (χ4n) is 1.89. The standard InChI is InChI=1S/C18H18ClN3O4S/c1-12-3-2-4-15(9-12)26-11-17(24)21-22-18(27)20-16(23)10-25-14-7-5-13(19)6-8-14/h2-9H,10-11H2,1H3,(H,21,24)(H2,20,22,23,27). The van der Waals surface area contributed by atoms with Gasteiger partial charge in [-0.2, -0.15) is 0 Å². The van der Waals surface area contributed by atoms with E-state index in [4.69, 9.17) is 33.3 Å². The molecule has 0 saturated heterocycles. The van der Waals surface area contributed by atoms with Crippen molar-refractivity contribution in [3.05, 3.63) is 59.1 Å². The van der Waals surface area contributed by atoms with Crippen molar-refractivity contribution in [2.24, 2.45) is 0 Å². The Kier molecular flexibility index (Phi) is 7.84. The molecule has 0 unspecified atom stereocenters. The van der Waals surface area contributed by atoms with Gasteiger partial charge in [0.1, 0.15) is 11.5 Å². The SMILES string of the molecule is Cc1cccc(OCC(=O)NNC(=S)NC(=O)COc2ccc(Cl)cc2)c1. The summed E-state index contributed by atoms with van der Waals surface area (Å²) in [5.41, 5.74) is 5.76. The fourth-order valence-corrected chi connectivity index (χ4v) is 2.18. The number of carbonyl (C=O) groups is 2. The lowest BCUT2D eigenvalue weighted by Gasteiger charge is -2.12. The topological polar surface area (TPSA) is 88.7 Å². The minimum atomic E-state index is -0.479. The van der Waals surface area contributed by atoms with E-state index in [1.165, 1.54) is 0 Å². The molecule has 3 N–H and O–H groups in total. The number of benzene rings is 2. The molecule has 0 atom stereocenters. The number of nitrogens with one attached hydrogen (secondary N) is 3. The summed E-state index contributed by atoms with van der Waals surface area (Å²) >= 11 is 10.7. The van der Waals surface area contributed by atoms with Gasteiger partial charge in [-0.3, -0.25) is 25.8 Å². The molecule has 7 nitrogen and oxygen atoms in total. The lowest BCUT2D eigenvalue weighted by Crippen LogP contribution is -2.50. The van der Waals surface area contributed by atoms with Crippen LogP contribution < -0.4 is 25.6 Å². The second kappa shape index (κ2) is 10.3. The van der Waals surface area contributed by atoms with Crippen LogP contribution in [0.15, 0.2) is 48.5 Å². The van der Waals surface area contributed by atoms with Gasteiger partial charge in [0.2, 0.25) is 0 Å². The van der Waals surface area contributed by atoms with Gasteiger partial charge in [0.25, 0.3) is 11.8 Å². The van der Waals surface area contributed by atoms with Crippen LogP contribution in [-0.4, -0.2) is 30.1 Å². The summed E-state index contributed by atoms with van der Waals surface area (Å²) in [6, 6.07) is 13.9. The average molecular weight is 408 g/mol. The molecule has 0 radical (unpaired) electrons. The maximum Gasteiger partial charge on any atom is 0.276 e. The molecule has 9 heteroatoms. The monoisotopic (exact) mass is 407 g/mol. The van der Waals surface area contributed by atoms with E-state index in [1.54, 1.807) is 30.3 Å². The summed E-state index contributed by atoms with van der Waals surface area (Å²) in [4.78, 5) is 23.5. The summed E-state index contributed by atoms with van der Waals surface area (Å²) in [6.07, 6.45) is 0. The largest absolute Gasteiger partial charge is 0.484 e. The normalized spacial score (nSPS) is 9.85. The molecule has 0 saturated carbocycles. The minimum absolute atomic E-state index is 0.0661. The number of aryl methyl sites for hydroxylation is 1. The number of halogens is 1. The zero-order valence-corrected chi connectivity index (χ0v) is 16.0. The molecule has 2 aromatic carbocycles. The number of hydrogen-bond acceptors (Lipinski definition) is 5. The Hall–Kier alpha value is -2.84. The van der Waals surface area contributed by atoms with Crippen LogP contribution in [0.2, 0.25) is 5.02 Å². The Morgan fingerprint density at radius 2 is 1.63 bits per heavy atom. The molecule has 2 amide bonds. The van der Waals surface area contributed by atoms with E-state index in [-0.39, 0.29) is 18.3 Å². The lowest BCUT2D eigenvalue weighted by molar-refractivity contribution is -0.124. The van der Waals surface area contributed by atoms with Crippen LogP contribution in [0.5, 0.6) is 11.5 Å². The molecule has 0 aliphatic heterocycles. The first kappa shape index (κ1) is 20.5. The molecular weight excluding hydrogens is 390 g/mol. The number of thiocarbonyl (C=S) groups is 1. The van der Waals surface area contributed by atoms with Gasteiger partial charge < -0.3 is 9.47 Å². The van der Waals surface area contributed by atoms with Crippen molar-refractivity contribution >= 4 is 40.7 Å². The van der Waals surface area contributed by atoms with Crippen LogP contribution in [0.25, 0.3) is 0 Å². The van der Waals surface area contributed by atoms with Gasteiger partial charge in [0.05, 0.1) is 0 Å². The quantitative estimate of drug-likeness (QED) is 0.502. The summed E-state index contributed by atoms with van der Waals surface area (Å²) in [5, 5.41) is 2.88. The van der Waals surface area contributed by atoms with E-state index in [2.05, 4.69) is 16.2 Å². The van der Waals surface area contributed by atoms with E-state index in [0.29, 0.717) is 16.5 Å². The molecule has 2 rings (SSSR count). The van der Waals surface area contributed by atoms with E-state index >= 15 is 0 Å². The molecule has 0 bridgehead atoms. The van der Waals surface area contributed by atoms with Crippen molar-refractivity contribution in [2.45, 2.75) is 6.92 Å². The second-order valence-electron chi connectivity index (χ2n) is 5.40. The summed E-state index contributed by atoms with van der Waals surface area (Å²) in [7, 11) is 0. The number of rotatable bonds is 6. The van der Waals surface area contributed by atoms with Gasteiger partial charge in [-0.25, -0.2) is 0 Å². The Morgan fingerprint density at radius 1 is 0.963 bits per heavy atom. The highest BCUT2D eigenvalue weighted by molar-refractivity contribution is 7.80. The Bertz CT molecular complexity index is 815. The summed E-state index contributed by atoms with van der Waals surface area (Å²) in [5.74, 6) is 0.147. The van der Waals surface area contributed by atoms with Crippen molar-refractivity contribution in [1.82, 2.24) is 16.2 Å². The summed E-state index contributed by atoms with van der Waals surface area (Å²) in [6.45, 7) is 1.48. The molecule has 142 valence electrons. The van der Waals surface area contributed by atoms with Crippen molar-refractivity contribution < 1.29 is 19.1 Å². The Labute approximate surface area is 167 Å². The van der Waals surface area contributed by atoms with Crippen LogP contribution in [0.4, 0.5) is 0 Å². The van der Waals surface area contributed by atoms with Crippen LogP contribution in [-0.2, 0) is 9.59 Å². The maximum absolute atomic E-state index is 11.8. The first-order chi connectivity index (χ1) is 12.9. The van der Waals surface area contributed by atoms with E-state index in [0.717, 1.165) is 5.56 Å². The molecule has 0 heterocycles. The molecule has 0 aliphatic carbocycles. The van der Waals surface area contributed by atoms with Crippen LogP contribution in [0, 0.1) is 6.92 Å². The van der Waals surface area contributed by atoms with E-state index in [1.807, 2.05) is 25.1 Å². The highest BCUT2D eigenvalue weighted by Crippen LogP contribution is 2.15. The highest BCUT2D eigenvalue weighted by atomic mass is 35.5. The fraction of sp³-hybridized carbons (Fsp3) is 0.167. The van der Waals surface area contributed by atoms with Crippen LogP contribution in [0.3, 0.4) is 0 Å². The third-order valence-electron chi connectivity index (χ3n) is 3.11. The van der Waals surface area contributed by atoms with Crippen LogP contribution >= 0.6 is 23.8 Å². The van der Waals surface area contributed by atoms with Crippen molar-refractivity contribution in [3.8, 4) is 11.5 Å². The Balaban J connectivity index is 1.63. The van der Waals surface area contributed by atoms with Gasteiger partial charge >= 0.3 is 0 Å². The molecule has 2 aromatic rings. The first-order valence-corrected chi connectivity index (χ1v) is 8.67. The predicted octanol–water partition coefficient (Wildman–Crippen LogP) is 2.13. The van der Waals surface area contributed by atoms with Crippen molar-refractivity contribution in [3.63, 3.8) is 0 Å². The second-order valence-corrected chi connectivity index (χ2v) is 6.24. The average Bonchev–Trinajstić information content (AvgIpc) is 2.64. The van der Waals surface area contributed by atoms with Gasteiger partial charge in [0.15, 0.2) is 18.3 Å². The van der Waals surface area contributed by atoms with Crippen molar-refractivity contribution in [1.29, 1.82) is 0 Å². The number of hydrazine groups is 1. The minimum Gasteiger partial charge on any atom is -0.484 e. The molecule has 0 aromatic heterocycles. The molecule has 27 heavy (non-hydrogen) atoms. The lowest BCUT2D eigenvalue weighted by atomic mass is 10.2. The zero-order valence-electron chi connectivity index (χ0n) is 14.5. The van der Waals surface area contributed by atoms with Gasteiger partial charge in [-0.15, -0.1) is 0 Å². The van der Waals surface area contributed by atoms with Gasteiger partial charge in [-0.1, -0.05) is 23.7 Å². The van der Waals surface area contributed by atoms with E-state index < -0.39 is 11.8 Å². The first-order valence-electron chi connectivity index (χ1n) is 7.89. The number of hydrogen-bond donors (Lipinski definition) is 3. The smallest absolute Gasteiger partial charge is 0.276 e. The summed E-state index contributed by atoms with van der Waals surface area (Å²) < 4.78 is 10.6. The van der Waals surface area contributed by atoms with Gasteiger partial charge in [0, 0.05) is 5.02 Å². The molecule has 0 aliphatic rings. The van der Waals surface area contributed by atoms with Crippen LogP contribution in [0.1, 0.15) is 5.56 Å².